The molecule has 4 heteroatoms. The molecule has 22 heavy (non-hydrogen) atoms. The van der Waals surface area contributed by atoms with Crippen molar-refractivity contribution < 1.29 is 15.0 Å². The van der Waals surface area contributed by atoms with E-state index in [1.807, 2.05) is 18.2 Å². The largest absolute Gasteiger partial charge is 0.508 e. The molecule has 3 N–H and O–H groups in total. The maximum atomic E-state index is 12.5. The van der Waals surface area contributed by atoms with Crippen LogP contribution in [-0.2, 0) is 0 Å². The number of benzene rings is 2. The first-order valence-corrected chi connectivity index (χ1v) is 7.81. The first kappa shape index (κ1) is 14.9. The molecule has 1 aliphatic carbocycles. The van der Waals surface area contributed by atoms with Gasteiger partial charge in [-0.2, -0.15) is 0 Å². The number of fused-ring (bicyclic) bond motifs is 1. The molecule has 0 aliphatic heterocycles. The molecule has 116 valence electrons. The van der Waals surface area contributed by atoms with Crippen molar-refractivity contribution in [1.29, 1.82) is 0 Å². The van der Waals surface area contributed by atoms with E-state index < -0.39 is 0 Å². The Kier molecular flexibility index (Phi) is 4.29. The summed E-state index contributed by atoms with van der Waals surface area (Å²) >= 11 is 0. The Bertz CT molecular complexity index is 675. The minimum absolute atomic E-state index is 0.0660. The Morgan fingerprint density at radius 1 is 1.14 bits per heavy atom. The van der Waals surface area contributed by atoms with Gasteiger partial charge in [0, 0.05) is 18.2 Å². The number of aliphatic hydroxyl groups excluding tert-OH is 1. The molecule has 0 atom stereocenters. The molecule has 4 nitrogen and oxygen atoms in total. The van der Waals surface area contributed by atoms with Crippen molar-refractivity contribution in [2.75, 3.05) is 6.61 Å². The summed E-state index contributed by atoms with van der Waals surface area (Å²) in [6.45, 7) is 0.244. The van der Waals surface area contributed by atoms with Gasteiger partial charge in [0.15, 0.2) is 0 Å². The molecule has 0 unspecified atom stereocenters. The highest BCUT2D eigenvalue weighted by atomic mass is 16.3. The average Bonchev–Trinajstić information content (AvgIpc) is 2.54. The quantitative estimate of drug-likeness (QED) is 0.816. The van der Waals surface area contributed by atoms with Crippen molar-refractivity contribution in [2.45, 2.75) is 31.7 Å². The van der Waals surface area contributed by atoms with E-state index >= 15 is 0 Å². The van der Waals surface area contributed by atoms with Crippen molar-refractivity contribution in [1.82, 2.24) is 5.32 Å². The number of aromatic hydroxyl groups is 1. The van der Waals surface area contributed by atoms with E-state index in [0.717, 1.165) is 36.5 Å². The topological polar surface area (TPSA) is 69.6 Å². The minimum Gasteiger partial charge on any atom is -0.508 e. The highest BCUT2D eigenvalue weighted by Crippen LogP contribution is 2.26. The third-order valence-electron chi connectivity index (χ3n) is 4.55. The van der Waals surface area contributed by atoms with Crippen LogP contribution < -0.4 is 5.32 Å². The fraction of sp³-hybridized carbons (Fsp3) is 0.389. The molecule has 0 heterocycles. The number of phenolic OH excluding ortho intramolecular Hbond substituents is 1. The molecule has 0 aromatic heterocycles. The van der Waals surface area contributed by atoms with E-state index in [1.54, 1.807) is 18.2 Å². The molecular weight excluding hydrogens is 278 g/mol. The number of carbonyl (C=O) groups excluding carboxylic acids is 1. The van der Waals surface area contributed by atoms with Gasteiger partial charge >= 0.3 is 0 Å². The first-order chi connectivity index (χ1) is 10.7. The fourth-order valence-corrected chi connectivity index (χ4v) is 3.22. The fourth-order valence-electron chi connectivity index (χ4n) is 3.22. The third kappa shape index (κ3) is 3.07. The molecule has 0 saturated heterocycles. The summed E-state index contributed by atoms with van der Waals surface area (Å²) in [7, 11) is 0. The number of phenols is 1. The number of rotatable bonds is 3. The van der Waals surface area contributed by atoms with Crippen LogP contribution in [0.3, 0.4) is 0 Å². The zero-order chi connectivity index (χ0) is 15.5. The van der Waals surface area contributed by atoms with Crippen molar-refractivity contribution in [3.63, 3.8) is 0 Å². The van der Waals surface area contributed by atoms with Crippen LogP contribution in [0.2, 0.25) is 0 Å². The Morgan fingerprint density at radius 3 is 2.64 bits per heavy atom. The van der Waals surface area contributed by atoms with Gasteiger partial charge in [-0.3, -0.25) is 4.79 Å². The molecular formula is C18H21NO3. The predicted octanol–water partition coefficient (Wildman–Crippen LogP) is 2.83. The molecule has 0 spiro atoms. The van der Waals surface area contributed by atoms with Crippen LogP contribution in [-0.4, -0.2) is 28.8 Å². The number of nitrogens with one attached hydrogen (secondary N) is 1. The van der Waals surface area contributed by atoms with E-state index in [2.05, 4.69) is 5.32 Å². The average molecular weight is 299 g/mol. The van der Waals surface area contributed by atoms with Gasteiger partial charge in [-0.25, -0.2) is 0 Å². The molecule has 3 rings (SSSR count). The molecule has 1 saturated carbocycles. The van der Waals surface area contributed by atoms with Gasteiger partial charge in [0.1, 0.15) is 5.75 Å². The standard InChI is InChI=1S/C18H21NO3/c20-11-12-4-6-14(7-5-12)19-18(22)17-3-1-2-13-10-15(21)8-9-16(13)17/h1-3,8-10,12,14,20-21H,4-7,11H2,(H,19,22). The van der Waals surface area contributed by atoms with E-state index in [9.17, 15) is 15.0 Å². The minimum atomic E-state index is -0.0660. The zero-order valence-electron chi connectivity index (χ0n) is 12.5. The SMILES string of the molecule is O=C(NC1CCC(CO)CC1)c1cccc2cc(O)ccc12. The van der Waals surface area contributed by atoms with Crippen molar-refractivity contribution >= 4 is 16.7 Å². The Morgan fingerprint density at radius 2 is 1.91 bits per heavy atom. The number of hydrogen-bond donors (Lipinski definition) is 3. The normalized spacial score (nSPS) is 21.7. The summed E-state index contributed by atoms with van der Waals surface area (Å²) < 4.78 is 0. The lowest BCUT2D eigenvalue weighted by Gasteiger charge is -2.28. The Hall–Kier alpha value is -2.07. The predicted molar refractivity (Wildman–Crippen MR) is 85.9 cm³/mol. The lowest BCUT2D eigenvalue weighted by atomic mass is 9.86. The van der Waals surface area contributed by atoms with Gasteiger partial charge in [0.05, 0.1) is 0 Å². The van der Waals surface area contributed by atoms with Gasteiger partial charge < -0.3 is 15.5 Å². The van der Waals surface area contributed by atoms with Crippen LogP contribution in [0, 0.1) is 5.92 Å². The van der Waals surface area contributed by atoms with Crippen LogP contribution in [0.5, 0.6) is 5.75 Å². The van der Waals surface area contributed by atoms with Crippen LogP contribution in [0.4, 0.5) is 0 Å². The molecule has 1 aliphatic rings. The second-order valence-electron chi connectivity index (χ2n) is 6.08. The smallest absolute Gasteiger partial charge is 0.252 e. The van der Waals surface area contributed by atoms with E-state index in [0.29, 0.717) is 11.5 Å². The highest BCUT2D eigenvalue weighted by molar-refractivity contribution is 6.07. The van der Waals surface area contributed by atoms with Crippen LogP contribution in [0.25, 0.3) is 10.8 Å². The summed E-state index contributed by atoms with van der Waals surface area (Å²) in [6.07, 6.45) is 3.76. The zero-order valence-corrected chi connectivity index (χ0v) is 12.5. The monoisotopic (exact) mass is 299 g/mol. The van der Waals surface area contributed by atoms with Gasteiger partial charge in [0.2, 0.25) is 0 Å². The molecule has 0 bridgehead atoms. The van der Waals surface area contributed by atoms with Crippen LogP contribution in [0.1, 0.15) is 36.0 Å². The van der Waals surface area contributed by atoms with E-state index in [-0.39, 0.29) is 24.3 Å². The molecule has 1 fully saturated rings. The van der Waals surface area contributed by atoms with Gasteiger partial charge in [-0.05, 0) is 66.6 Å². The third-order valence-corrected chi connectivity index (χ3v) is 4.55. The van der Waals surface area contributed by atoms with Crippen LogP contribution in [0.15, 0.2) is 36.4 Å². The summed E-state index contributed by atoms with van der Waals surface area (Å²) in [5.41, 5.74) is 0.641. The van der Waals surface area contributed by atoms with Crippen LogP contribution >= 0.6 is 0 Å². The van der Waals surface area contributed by atoms with Gasteiger partial charge in [-0.15, -0.1) is 0 Å². The number of hydrogen-bond acceptors (Lipinski definition) is 3. The second-order valence-corrected chi connectivity index (χ2v) is 6.08. The Balaban J connectivity index is 1.75. The number of aliphatic hydroxyl groups is 1. The van der Waals surface area contributed by atoms with Gasteiger partial charge in [0.25, 0.3) is 5.91 Å². The highest BCUT2D eigenvalue weighted by Gasteiger charge is 2.22. The van der Waals surface area contributed by atoms with E-state index in [1.165, 1.54) is 0 Å². The van der Waals surface area contributed by atoms with Gasteiger partial charge in [-0.1, -0.05) is 12.1 Å². The van der Waals surface area contributed by atoms with Crippen molar-refractivity contribution in [3.8, 4) is 5.75 Å². The lowest BCUT2D eigenvalue weighted by molar-refractivity contribution is 0.0915. The lowest BCUT2D eigenvalue weighted by Crippen LogP contribution is -2.38. The second kappa shape index (κ2) is 6.36. The first-order valence-electron chi connectivity index (χ1n) is 7.81. The maximum Gasteiger partial charge on any atom is 0.252 e. The molecule has 2 aromatic carbocycles. The Labute approximate surface area is 129 Å². The molecule has 2 aromatic rings. The summed E-state index contributed by atoms with van der Waals surface area (Å²) in [5, 5.41) is 23.5. The number of amides is 1. The summed E-state index contributed by atoms with van der Waals surface area (Å²) in [5.74, 6) is 0.518. The van der Waals surface area contributed by atoms with Crippen molar-refractivity contribution in [3.05, 3.63) is 42.0 Å². The molecule has 1 amide bonds. The summed E-state index contributed by atoms with van der Waals surface area (Å²) in [6, 6.07) is 10.8. The van der Waals surface area contributed by atoms with Crippen molar-refractivity contribution in [2.24, 2.45) is 5.92 Å². The summed E-state index contributed by atoms with van der Waals surface area (Å²) in [4.78, 5) is 12.5. The number of carbonyl (C=O) groups is 1. The van der Waals surface area contributed by atoms with E-state index in [4.69, 9.17) is 0 Å². The molecule has 0 radical (unpaired) electrons. The maximum absolute atomic E-state index is 12.5.